The quantitative estimate of drug-likeness (QED) is 0.726. The average molecular weight is 396 g/mol. The Morgan fingerprint density at radius 1 is 1.08 bits per heavy atom. The van der Waals surface area contributed by atoms with E-state index in [0.29, 0.717) is 0 Å². The van der Waals surface area contributed by atoms with E-state index in [1.807, 2.05) is 0 Å². The summed E-state index contributed by atoms with van der Waals surface area (Å²) in [4.78, 5) is 24.0. The van der Waals surface area contributed by atoms with E-state index in [0.717, 1.165) is 0 Å². The summed E-state index contributed by atoms with van der Waals surface area (Å²) in [6, 6.07) is 12.4. The van der Waals surface area contributed by atoms with Gasteiger partial charge in [-0.2, -0.15) is 0 Å². The monoisotopic (exact) mass is 395 g/mol. The van der Waals surface area contributed by atoms with E-state index in [1.54, 1.807) is 37.3 Å². The van der Waals surface area contributed by atoms with Gasteiger partial charge in [0.25, 0.3) is 0 Å². The van der Waals surface area contributed by atoms with E-state index in [2.05, 4.69) is 5.32 Å². The van der Waals surface area contributed by atoms with E-state index in [1.165, 1.54) is 18.2 Å². The largest absolute Gasteiger partial charge is 0.462 e. The van der Waals surface area contributed by atoms with Crippen molar-refractivity contribution in [1.29, 1.82) is 0 Å². The average Bonchev–Trinajstić information content (AvgIpc) is 2.61. The number of carbonyl (C=O) groups excluding carboxylic acids is 2. The maximum atomic E-state index is 12.3. The molecule has 0 atom stereocenters. The second-order valence-corrected chi connectivity index (χ2v) is 7.80. The molecule has 2 aromatic carbocycles. The van der Waals surface area contributed by atoms with Crippen molar-refractivity contribution in [2.24, 2.45) is 0 Å². The maximum absolute atomic E-state index is 12.3. The van der Waals surface area contributed by atoms with E-state index >= 15 is 0 Å². The first-order valence-electron chi connectivity index (χ1n) is 7.88. The zero-order valence-corrected chi connectivity index (χ0v) is 15.6. The lowest BCUT2D eigenvalue weighted by Gasteiger charge is -2.11. The second-order valence-electron chi connectivity index (χ2n) is 5.31. The number of sulfone groups is 1. The molecule has 0 heterocycles. The van der Waals surface area contributed by atoms with Gasteiger partial charge in [0.05, 0.1) is 33.5 Å². The van der Waals surface area contributed by atoms with Gasteiger partial charge in [-0.25, -0.2) is 13.2 Å². The molecule has 0 bridgehead atoms. The van der Waals surface area contributed by atoms with Gasteiger partial charge in [-0.3, -0.25) is 4.79 Å². The standard InChI is InChI=1S/C18H18ClNO5S/c1-2-25-18(22)13-7-3-5-9-15(13)20-17(21)11-12-26(23,24)16-10-6-4-8-14(16)19/h3-10H,2,11-12H2,1H3,(H,20,21). The fourth-order valence-electron chi connectivity index (χ4n) is 2.23. The van der Waals surface area contributed by atoms with Gasteiger partial charge in [0, 0.05) is 6.42 Å². The van der Waals surface area contributed by atoms with Crippen LogP contribution in [-0.4, -0.2) is 32.7 Å². The number of anilines is 1. The molecule has 138 valence electrons. The van der Waals surface area contributed by atoms with Crippen LogP contribution in [0.25, 0.3) is 0 Å². The van der Waals surface area contributed by atoms with Crippen LogP contribution in [0.5, 0.6) is 0 Å². The number of esters is 1. The first-order valence-corrected chi connectivity index (χ1v) is 9.91. The van der Waals surface area contributed by atoms with Crippen molar-refractivity contribution >= 4 is 39.0 Å². The van der Waals surface area contributed by atoms with Gasteiger partial charge in [0.2, 0.25) is 5.91 Å². The van der Waals surface area contributed by atoms with E-state index in [4.69, 9.17) is 16.3 Å². The number of halogens is 1. The van der Waals surface area contributed by atoms with Gasteiger partial charge >= 0.3 is 5.97 Å². The lowest BCUT2D eigenvalue weighted by molar-refractivity contribution is -0.115. The van der Waals surface area contributed by atoms with Crippen LogP contribution in [-0.2, 0) is 19.4 Å². The summed E-state index contributed by atoms with van der Waals surface area (Å²) in [7, 11) is -3.70. The summed E-state index contributed by atoms with van der Waals surface area (Å²) >= 11 is 5.91. The Bertz CT molecular complexity index is 911. The van der Waals surface area contributed by atoms with Crippen molar-refractivity contribution in [2.75, 3.05) is 17.7 Å². The zero-order chi connectivity index (χ0) is 19.2. The minimum absolute atomic E-state index is 0.0126. The number of carbonyl (C=O) groups is 2. The Labute approximate surface area is 157 Å². The van der Waals surface area contributed by atoms with Crippen LogP contribution in [0.2, 0.25) is 5.02 Å². The third-order valence-corrected chi connectivity index (χ3v) is 5.68. The van der Waals surface area contributed by atoms with Crippen molar-refractivity contribution < 1.29 is 22.7 Å². The normalized spacial score (nSPS) is 11.0. The Kier molecular flexibility index (Phi) is 6.76. The summed E-state index contributed by atoms with van der Waals surface area (Å²) in [6.07, 6.45) is -0.273. The summed E-state index contributed by atoms with van der Waals surface area (Å²) < 4.78 is 29.6. The van der Waals surface area contributed by atoms with Gasteiger partial charge in [-0.15, -0.1) is 0 Å². The number of nitrogens with one attached hydrogen (secondary N) is 1. The SMILES string of the molecule is CCOC(=O)c1ccccc1NC(=O)CCS(=O)(=O)c1ccccc1Cl. The number of rotatable bonds is 7. The second kappa shape index (κ2) is 8.82. The van der Waals surface area contributed by atoms with Gasteiger partial charge in [0.1, 0.15) is 0 Å². The van der Waals surface area contributed by atoms with Crippen LogP contribution < -0.4 is 5.32 Å². The maximum Gasteiger partial charge on any atom is 0.340 e. The number of hydrogen-bond acceptors (Lipinski definition) is 5. The highest BCUT2D eigenvalue weighted by molar-refractivity contribution is 7.91. The van der Waals surface area contributed by atoms with Gasteiger partial charge in [0.15, 0.2) is 9.84 Å². The smallest absolute Gasteiger partial charge is 0.340 e. The predicted octanol–water partition coefficient (Wildman–Crippen LogP) is 3.32. The molecule has 2 aromatic rings. The van der Waals surface area contributed by atoms with E-state index in [9.17, 15) is 18.0 Å². The highest BCUT2D eigenvalue weighted by atomic mass is 35.5. The van der Waals surface area contributed by atoms with Crippen molar-refractivity contribution in [3.8, 4) is 0 Å². The van der Waals surface area contributed by atoms with Crippen molar-refractivity contribution in [2.45, 2.75) is 18.2 Å². The number of benzene rings is 2. The molecule has 0 aliphatic carbocycles. The molecule has 0 aliphatic rings. The third-order valence-electron chi connectivity index (χ3n) is 3.47. The van der Waals surface area contributed by atoms with E-state index in [-0.39, 0.29) is 34.2 Å². The Morgan fingerprint density at radius 3 is 2.42 bits per heavy atom. The van der Waals surface area contributed by atoms with Crippen molar-refractivity contribution in [3.63, 3.8) is 0 Å². The zero-order valence-electron chi connectivity index (χ0n) is 14.1. The Balaban J connectivity index is 2.06. The van der Waals surface area contributed by atoms with Crippen LogP contribution in [0.4, 0.5) is 5.69 Å². The number of hydrogen-bond donors (Lipinski definition) is 1. The fraction of sp³-hybridized carbons (Fsp3) is 0.222. The predicted molar refractivity (Wildman–Crippen MR) is 99.2 cm³/mol. The molecule has 1 N–H and O–H groups in total. The summed E-state index contributed by atoms with van der Waals surface area (Å²) in [5, 5.41) is 2.66. The number of ether oxygens (including phenoxy) is 1. The Morgan fingerprint density at radius 2 is 1.73 bits per heavy atom. The topological polar surface area (TPSA) is 89.5 Å². The third kappa shape index (κ3) is 5.06. The molecule has 2 rings (SSSR count). The lowest BCUT2D eigenvalue weighted by Crippen LogP contribution is -2.19. The van der Waals surface area contributed by atoms with Gasteiger partial charge in [-0.1, -0.05) is 35.9 Å². The van der Waals surface area contributed by atoms with Crippen molar-refractivity contribution in [3.05, 3.63) is 59.1 Å². The molecule has 6 nitrogen and oxygen atoms in total. The molecule has 0 spiro atoms. The highest BCUT2D eigenvalue weighted by Crippen LogP contribution is 2.22. The first-order chi connectivity index (χ1) is 12.3. The lowest BCUT2D eigenvalue weighted by atomic mass is 10.1. The molecule has 0 saturated carbocycles. The van der Waals surface area contributed by atoms with Crippen LogP contribution in [0.3, 0.4) is 0 Å². The first kappa shape index (κ1) is 19.9. The van der Waals surface area contributed by atoms with Gasteiger partial charge in [-0.05, 0) is 31.2 Å². The minimum Gasteiger partial charge on any atom is -0.462 e. The van der Waals surface area contributed by atoms with Crippen LogP contribution >= 0.6 is 11.6 Å². The number of amides is 1. The molecule has 1 amide bonds. The van der Waals surface area contributed by atoms with Crippen LogP contribution in [0.15, 0.2) is 53.4 Å². The number of para-hydroxylation sites is 1. The fourth-order valence-corrected chi connectivity index (χ4v) is 4.04. The molecule has 26 heavy (non-hydrogen) atoms. The molecule has 0 aliphatic heterocycles. The molecule has 0 fully saturated rings. The molecule has 8 heteroatoms. The summed E-state index contributed by atoms with van der Waals surface area (Å²) in [5.41, 5.74) is 0.475. The molecule has 0 unspecified atom stereocenters. The highest BCUT2D eigenvalue weighted by Gasteiger charge is 2.20. The molecule has 0 radical (unpaired) electrons. The van der Waals surface area contributed by atoms with Crippen molar-refractivity contribution in [1.82, 2.24) is 0 Å². The summed E-state index contributed by atoms with van der Waals surface area (Å²) in [5.74, 6) is -1.49. The van der Waals surface area contributed by atoms with Crippen LogP contribution in [0, 0.1) is 0 Å². The van der Waals surface area contributed by atoms with E-state index < -0.39 is 27.5 Å². The molecule has 0 saturated heterocycles. The summed E-state index contributed by atoms with van der Waals surface area (Å²) in [6.45, 7) is 1.88. The molecular formula is C18H18ClNO5S. The molecule has 0 aromatic heterocycles. The Hall–Kier alpha value is -2.38. The van der Waals surface area contributed by atoms with Crippen LogP contribution in [0.1, 0.15) is 23.7 Å². The van der Waals surface area contributed by atoms with Gasteiger partial charge < -0.3 is 10.1 Å². The minimum atomic E-state index is -3.70. The molecular weight excluding hydrogens is 378 g/mol.